The fourth-order valence-corrected chi connectivity index (χ4v) is 5.69. The highest BCUT2D eigenvalue weighted by Gasteiger charge is 2.32. The zero-order valence-electron chi connectivity index (χ0n) is 20.7. The molecular weight excluding hydrogens is 494 g/mol. The van der Waals surface area contributed by atoms with Crippen LogP contribution in [0.3, 0.4) is 0 Å². The molecule has 1 unspecified atom stereocenters. The Morgan fingerprint density at radius 2 is 1.89 bits per heavy atom. The highest BCUT2D eigenvalue weighted by molar-refractivity contribution is 7.22. The summed E-state index contributed by atoms with van der Waals surface area (Å²) in [5, 5.41) is 11.6. The topological polar surface area (TPSA) is 84.7 Å². The van der Waals surface area contributed by atoms with Crippen molar-refractivity contribution in [3.8, 4) is 21.7 Å². The third kappa shape index (κ3) is 4.54. The molecule has 0 amide bonds. The fraction of sp³-hybridized carbons (Fsp3) is 0.286. The highest BCUT2D eigenvalue weighted by Crippen LogP contribution is 2.45. The van der Waals surface area contributed by atoms with Crippen LogP contribution >= 0.6 is 22.9 Å². The van der Waals surface area contributed by atoms with E-state index in [9.17, 15) is 9.90 Å². The van der Waals surface area contributed by atoms with Gasteiger partial charge in [-0.2, -0.15) is 0 Å². The smallest absolute Gasteiger partial charge is 0.337 e. The Morgan fingerprint density at radius 1 is 1.17 bits per heavy atom. The maximum absolute atomic E-state index is 12.5. The molecule has 6 nitrogen and oxygen atoms in total. The lowest BCUT2D eigenvalue weighted by molar-refractivity contribution is -0.160. The van der Waals surface area contributed by atoms with Crippen LogP contribution < -0.4 is 0 Å². The van der Waals surface area contributed by atoms with E-state index in [1.807, 2.05) is 64.2 Å². The molecule has 8 heteroatoms. The zero-order chi connectivity index (χ0) is 25.8. The molecule has 0 aliphatic carbocycles. The van der Waals surface area contributed by atoms with Crippen molar-refractivity contribution in [2.45, 2.75) is 52.2 Å². The van der Waals surface area contributed by atoms with Crippen LogP contribution in [0.25, 0.3) is 31.9 Å². The van der Waals surface area contributed by atoms with Gasteiger partial charge in [0.15, 0.2) is 11.9 Å². The summed E-state index contributed by atoms with van der Waals surface area (Å²) in [6, 6.07) is 11.5. The van der Waals surface area contributed by atoms with Gasteiger partial charge in [0.1, 0.15) is 5.01 Å². The minimum Gasteiger partial charge on any atom is -0.479 e. The number of nitrogens with zero attached hydrogens (tertiary/aromatic N) is 3. The molecule has 3 heterocycles. The molecule has 2 aromatic carbocycles. The molecule has 0 spiro atoms. The average molecular weight is 520 g/mol. The van der Waals surface area contributed by atoms with Gasteiger partial charge < -0.3 is 9.84 Å². The minimum atomic E-state index is -1.15. The van der Waals surface area contributed by atoms with E-state index in [2.05, 4.69) is 23.0 Å². The van der Waals surface area contributed by atoms with Crippen LogP contribution in [0.1, 0.15) is 56.4 Å². The van der Waals surface area contributed by atoms with Gasteiger partial charge in [-0.05, 0) is 63.1 Å². The van der Waals surface area contributed by atoms with Crippen molar-refractivity contribution >= 4 is 51.2 Å². The molecule has 4 aromatic rings. The van der Waals surface area contributed by atoms with Gasteiger partial charge in [0, 0.05) is 45.6 Å². The first kappa shape index (κ1) is 24.6. The average Bonchev–Trinajstić information content (AvgIpc) is 3.40. The van der Waals surface area contributed by atoms with Crippen LogP contribution in [-0.2, 0) is 9.53 Å². The molecule has 0 fully saturated rings. The molecule has 0 saturated carbocycles. The number of fused-ring (bicyclic) bond motifs is 2. The van der Waals surface area contributed by atoms with E-state index in [0.717, 1.165) is 48.9 Å². The number of carbonyl (C=O) groups is 1. The van der Waals surface area contributed by atoms with Crippen molar-refractivity contribution < 1.29 is 14.6 Å². The van der Waals surface area contributed by atoms with E-state index in [1.54, 1.807) is 6.20 Å². The van der Waals surface area contributed by atoms with Gasteiger partial charge in [-0.25, -0.2) is 19.8 Å². The van der Waals surface area contributed by atoms with E-state index < -0.39 is 17.7 Å². The van der Waals surface area contributed by atoms with E-state index in [1.165, 1.54) is 11.3 Å². The van der Waals surface area contributed by atoms with Gasteiger partial charge in [-0.1, -0.05) is 30.7 Å². The Bertz CT molecular complexity index is 1520. The Morgan fingerprint density at radius 3 is 2.56 bits per heavy atom. The molecule has 184 valence electrons. The van der Waals surface area contributed by atoms with Gasteiger partial charge in [0.2, 0.25) is 0 Å². The number of aryl methyl sites for hydroxylation is 1. The van der Waals surface area contributed by atoms with Crippen LogP contribution in [0.15, 0.2) is 47.6 Å². The van der Waals surface area contributed by atoms with E-state index in [-0.39, 0.29) is 5.92 Å². The van der Waals surface area contributed by atoms with Crippen molar-refractivity contribution in [1.82, 2.24) is 9.97 Å². The lowest BCUT2D eigenvalue weighted by atomic mass is 9.91. The second-order valence-corrected chi connectivity index (χ2v) is 11.4. The van der Waals surface area contributed by atoms with Gasteiger partial charge in [-0.3, -0.25) is 0 Å². The summed E-state index contributed by atoms with van der Waals surface area (Å²) in [7, 11) is 0. The summed E-state index contributed by atoms with van der Waals surface area (Å²) in [4.78, 5) is 26.3. The molecule has 5 rings (SSSR count). The second kappa shape index (κ2) is 9.07. The van der Waals surface area contributed by atoms with E-state index in [4.69, 9.17) is 21.3 Å². The number of benzene rings is 2. The number of pyridine rings is 1. The number of carboxylic acid groups (broad SMARTS) is 1. The van der Waals surface area contributed by atoms with Crippen LogP contribution in [-0.4, -0.2) is 32.9 Å². The third-order valence-electron chi connectivity index (χ3n) is 6.07. The molecule has 2 aromatic heterocycles. The molecule has 0 bridgehead atoms. The van der Waals surface area contributed by atoms with Crippen molar-refractivity contribution in [3.05, 3.63) is 64.3 Å². The van der Waals surface area contributed by atoms with Crippen molar-refractivity contribution in [2.24, 2.45) is 4.99 Å². The number of hydrogen-bond donors (Lipinski definition) is 1. The quantitative estimate of drug-likeness (QED) is 0.291. The van der Waals surface area contributed by atoms with E-state index >= 15 is 0 Å². The highest BCUT2D eigenvalue weighted by atomic mass is 35.5. The maximum atomic E-state index is 12.5. The predicted octanol–water partition coefficient (Wildman–Crippen LogP) is 7.75. The number of aromatic nitrogens is 2. The summed E-state index contributed by atoms with van der Waals surface area (Å²) in [6.45, 7) is 9.57. The Kier molecular flexibility index (Phi) is 6.19. The monoisotopic (exact) mass is 519 g/mol. The first-order valence-electron chi connectivity index (χ1n) is 11.7. The number of thiazole rings is 1. The number of rotatable bonds is 5. The first-order chi connectivity index (χ1) is 17.0. The third-order valence-corrected chi connectivity index (χ3v) is 7.46. The van der Waals surface area contributed by atoms with Gasteiger partial charge in [-0.15, -0.1) is 11.3 Å². The Labute approximate surface area is 218 Å². The SMILES string of the molecule is Cc1cc2nc(-c3cnc4c(c3)C(C)C=N4)sc2c(-c2ccc(Cl)cc2)c1[C@H](OC(C)(C)C)C(=O)O. The maximum Gasteiger partial charge on any atom is 0.337 e. The Hall–Kier alpha value is -3.13. The molecule has 36 heavy (non-hydrogen) atoms. The zero-order valence-corrected chi connectivity index (χ0v) is 22.2. The van der Waals surface area contributed by atoms with Crippen LogP contribution in [0.5, 0.6) is 0 Å². The molecular formula is C28H26ClN3O3S. The number of aliphatic carboxylic acids is 1. The van der Waals surface area contributed by atoms with Crippen LogP contribution in [0.2, 0.25) is 5.02 Å². The van der Waals surface area contributed by atoms with E-state index in [0.29, 0.717) is 10.6 Å². The fourth-order valence-electron chi connectivity index (χ4n) is 4.46. The molecule has 1 aliphatic heterocycles. The first-order valence-corrected chi connectivity index (χ1v) is 12.9. The van der Waals surface area contributed by atoms with Crippen molar-refractivity contribution in [3.63, 3.8) is 0 Å². The number of aliphatic imine (C=N–C) groups is 1. The second-order valence-electron chi connectivity index (χ2n) is 10.0. The van der Waals surface area contributed by atoms with Crippen LogP contribution in [0, 0.1) is 6.92 Å². The van der Waals surface area contributed by atoms with Crippen LogP contribution in [0.4, 0.5) is 5.82 Å². The number of hydrogen-bond acceptors (Lipinski definition) is 6. The molecule has 0 saturated heterocycles. The summed E-state index contributed by atoms with van der Waals surface area (Å²) in [5.74, 6) is -0.0914. The summed E-state index contributed by atoms with van der Waals surface area (Å²) >= 11 is 7.70. The molecule has 0 radical (unpaired) electrons. The molecule has 2 atom stereocenters. The Balaban J connectivity index is 1.76. The van der Waals surface area contributed by atoms with Gasteiger partial charge in [0.25, 0.3) is 0 Å². The number of halogens is 1. The summed E-state index contributed by atoms with van der Waals surface area (Å²) in [5.41, 5.74) is 5.21. The summed E-state index contributed by atoms with van der Waals surface area (Å²) in [6.07, 6.45) is 2.55. The van der Waals surface area contributed by atoms with Crippen molar-refractivity contribution in [1.29, 1.82) is 0 Å². The predicted molar refractivity (Wildman–Crippen MR) is 146 cm³/mol. The number of carboxylic acids is 1. The molecule has 1 aliphatic rings. The van der Waals surface area contributed by atoms with Gasteiger partial charge in [0.05, 0.1) is 15.8 Å². The number of ether oxygens (including phenoxy) is 1. The lowest BCUT2D eigenvalue weighted by Crippen LogP contribution is -2.28. The van der Waals surface area contributed by atoms with Gasteiger partial charge >= 0.3 is 5.97 Å². The normalized spacial score (nSPS) is 15.9. The summed E-state index contributed by atoms with van der Waals surface area (Å²) < 4.78 is 6.98. The minimum absolute atomic E-state index is 0.200. The largest absolute Gasteiger partial charge is 0.479 e. The lowest BCUT2D eigenvalue weighted by Gasteiger charge is -2.28. The molecule has 1 N–H and O–H groups in total. The standard InChI is InChI=1S/C28H26ClN3O3S/c1-14-10-20-24(36-26(32-20)17-11-19-15(2)12-30-25(19)31-13-17)22(16-6-8-18(29)9-7-16)21(14)23(27(33)34)35-28(3,4)5/h6-13,15,23H,1-5H3,(H,33,34)/t15?,23-/m0/s1. The van der Waals surface area contributed by atoms with Crippen molar-refractivity contribution in [2.75, 3.05) is 0 Å².